The van der Waals surface area contributed by atoms with Gasteiger partial charge in [0.2, 0.25) is 0 Å². The molecular weight excluding hydrogens is 361 g/mol. The van der Waals surface area contributed by atoms with Crippen molar-refractivity contribution in [2.75, 3.05) is 16.8 Å². The molecule has 0 spiro atoms. The van der Waals surface area contributed by atoms with Gasteiger partial charge in [-0.1, -0.05) is 39.1 Å². The minimum Gasteiger partial charge on any atom is -0.380 e. The van der Waals surface area contributed by atoms with Crippen LogP contribution in [-0.2, 0) is 9.84 Å². The topological polar surface area (TPSA) is 46.2 Å². The molecule has 18 heavy (non-hydrogen) atoms. The van der Waals surface area contributed by atoms with E-state index in [9.17, 15) is 8.42 Å². The van der Waals surface area contributed by atoms with E-state index in [2.05, 4.69) is 21.2 Å². The van der Waals surface area contributed by atoms with E-state index in [1.807, 2.05) is 0 Å². The van der Waals surface area contributed by atoms with Gasteiger partial charge < -0.3 is 5.32 Å². The molecule has 100 valence electrons. The van der Waals surface area contributed by atoms with Crippen molar-refractivity contribution in [3.05, 3.63) is 26.7 Å². The number of rotatable bonds is 2. The van der Waals surface area contributed by atoms with Crippen molar-refractivity contribution in [3.63, 3.8) is 0 Å². The molecule has 0 aromatic heterocycles. The van der Waals surface area contributed by atoms with E-state index >= 15 is 0 Å². The van der Waals surface area contributed by atoms with Crippen molar-refractivity contribution in [2.24, 2.45) is 0 Å². The maximum atomic E-state index is 11.3. The van der Waals surface area contributed by atoms with Gasteiger partial charge in [-0.2, -0.15) is 0 Å². The molecule has 1 aliphatic heterocycles. The van der Waals surface area contributed by atoms with Crippen LogP contribution in [0.15, 0.2) is 16.6 Å². The summed E-state index contributed by atoms with van der Waals surface area (Å²) in [7, 11) is -2.85. The monoisotopic (exact) mass is 371 g/mol. The zero-order chi connectivity index (χ0) is 13.3. The molecule has 7 heteroatoms. The van der Waals surface area contributed by atoms with Gasteiger partial charge in [-0.25, -0.2) is 8.42 Å². The van der Waals surface area contributed by atoms with Gasteiger partial charge in [0.15, 0.2) is 0 Å². The number of benzene rings is 1. The van der Waals surface area contributed by atoms with Gasteiger partial charge in [-0.15, -0.1) is 0 Å². The van der Waals surface area contributed by atoms with Crippen LogP contribution in [0.3, 0.4) is 0 Å². The normalized spacial score (nSPS) is 19.7. The molecule has 1 aromatic carbocycles. The zero-order valence-electron chi connectivity index (χ0n) is 9.42. The Balaban J connectivity index is 2.11. The van der Waals surface area contributed by atoms with Gasteiger partial charge in [-0.05, 0) is 25.0 Å². The highest BCUT2D eigenvalue weighted by atomic mass is 79.9. The second-order valence-corrected chi connectivity index (χ2v) is 8.35. The maximum Gasteiger partial charge on any atom is 0.150 e. The van der Waals surface area contributed by atoms with Gasteiger partial charge in [0.1, 0.15) is 9.84 Å². The molecule has 1 aromatic rings. The molecular formula is C11H12BrCl2NO2S. The second kappa shape index (κ2) is 5.57. The van der Waals surface area contributed by atoms with E-state index in [-0.39, 0.29) is 17.5 Å². The van der Waals surface area contributed by atoms with Gasteiger partial charge in [0.25, 0.3) is 0 Å². The molecule has 0 unspecified atom stereocenters. The first-order valence-corrected chi connectivity index (χ1v) is 8.86. The smallest absolute Gasteiger partial charge is 0.150 e. The Bertz CT molecular complexity index is 525. The molecule has 1 aliphatic rings. The van der Waals surface area contributed by atoms with Crippen LogP contribution in [0.4, 0.5) is 5.69 Å². The average molecular weight is 373 g/mol. The quantitative estimate of drug-likeness (QED) is 0.859. The third-order valence-electron chi connectivity index (χ3n) is 2.91. The number of anilines is 1. The Morgan fingerprint density at radius 2 is 1.67 bits per heavy atom. The molecule has 1 heterocycles. The Morgan fingerprint density at radius 3 is 2.17 bits per heavy atom. The first-order chi connectivity index (χ1) is 8.37. The Morgan fingerprint density at radius 1 is 1.17 bits per heavy atom. The Labute approximate surface area is 125 Å². The molecule has 2 rings (SSSR count). The summed E-state index contributed by atoms with van der Waals surface area (Å²) in [6.07, 6.45) is 1.18. The van der Waals surface area contributed by atoms with Crippen molar-refractivity contribution in [1.29, 1.82) is 0 Å². The molecule has 0 saturated carbocycles. The highest BCUT2D eigenvalue weighted by Gasteiger charge is 2.24. The molecule has 3 nitrogen and oxygen atoms in total. The van der Waals surface area contributed by atoms with Gasteiger partial charge in [0, 0.05) is 10.5 Å². The summed E-state index contributed by atoms with van der Waals surface area (Å²) in [6.45, 7) is 0. The molecule has 1 N–H and O–H groups in total. The third-order valence-corrected chi connectivity index (χ3v) is 5.68. The zero-order valence-corrected chi connectivity index (χ0v) is 13.3. The lowest BCUT2D eigenvalue weighted by molar-refractivity contribution is 0.559. The summed E-state index contributed by atoms with van der Waals surface area (Å²) >= 11 is 15.5. The largest absolute Gasteiger partial charge is 0.380 e. The number of sulfone groups is 1. The lowest BCUT2D eigenvalue weighted by atomic mass is 10.1. The predicted molar refractivity (Wildman–Crippen MR) is 79.5 cm³/mol. The predicted octanol–water partition coefficient (Wildman–Crippen LogP) is 3.75. The fourth-order valence-corrected chi connectivity index (χ4v) is 4.73. The number of hydrogen-bond donors (Lipinski definition) is 1. The lowest BCUT2D eigenvalue weighted by Gasteiger charge is -2.25. The van der Waals surface area contributed by atoms with Crippen molar-refractivity contribution in [3.8, 4) is 0 Å². The summed E-state index contributed by atoms with van der Waals surface area (Å²) in [5, 5.41) is 4.29. The van der Waals surface area contributed by atoms with Crippen molar-refractivity contribution < 1.29 is 8.42 Å². The molecule has 1 saturated heterocycles. The van der Waals surface area contributed by atoms with E-state index in [0.29, 0.717) is 28.6 Å². The van der Waals surface area contributed by atoms with E-state index < -0.39 is 9.84 Å². The van der Waals surface area contributed by atoms with E-state index in [1.165, 1.54) is 0 Å². The summed E-state index contributed by atoms with van der Waals surface area (Å²) in [4.78, 5) is 0. The van der Waals surface area contributed by atoms with Crippen molar-refractivity contribution in [2.45, 2.75) is 18.9 Å². The number of nitrogens with one attached hydrogen (secondary N) is 1. The fraction of sp³-hybridized carbons (Fsp3) is 0.455. The second-order valence-electron chi connectivity index (χ2n) is 4.31. The summed E-state index contributed by atoms with van der Waals surface area (Å²) < 4.78 is 23.5. The molecule has 0 bridgehead atoms. The fourth-order valence-electron chi connectivity index (χ4n) is 1.92. The Kier molecular flexibility index (Phi) is 4.47. The van der Waals surface area contributed by atoms with E-state index in [0.717, 1.165) is 4.47 Å². The maximum absolute atomic E-state index is 11.3. The van der Waals surface area contributed by atoms with Crippen molar-refractivity contribution in [1.82, 2.24) is 0 Å². The van der Waals surface area contributed by atoms with Crippen LogP contribution in [0.5, 0.6) is 0 Å². The van der Waals surface area contributed by atoms with Crippen molar-refractivity contribution >= 4 is 54.7 Å². The highest BCUT2D eigenvalue weighted by Crippen LogP contribution is 2.35. The standard InChI is InChI=1S/C11H12BrCl2NO2S/c12-7-5-9(13)11(10(14)6-7)15-8-1-3-18(16,17)4-2-8/h5-6,8,15H,1-4H2. The number of hydrogen-bond acceptors (Lipinski definition) is 3. The van der Waals surface area contributed by atoms with Crippen LogP contribution in [0.1, 0.15) is 12.8 Å². The van der Waals surface area contributed by atoms with Gasteiger partial charge in [0.05, 0.1) is 27.2 Å². The molecule has 0 aliphatic carbocycles. The van der Waals surface area contributed by atoms with Crippen LogP contribution in [-0.4, -0.2) is 26.0 Å². The first kappa shape index (κ1) is 14.4. The van der Waals surface area contributed by atoms with Crippen LogP contribution in [0.2, 0.25) is 10.0 Å². The van der Waals surface area contributed by atoms with Crippen LogP contribution >= 0.6 is 39.1 Å². The van der Waals surface area contributed by atoms with E-state index in [1.54, 1.807) is 12.1 Å². The SMILES string of the molecule is O=S1(=O)CCC(Nc2c(Cl)cc(Br)cc2Cl)CC1. The van der Waals surface area contributed by atoms with E-state index in [4.69, 9.17) is 23.2 Å². The molecule has 0 amide bonds. The van der Waals surface area contributed by atoms with Crippen LogP contribution in [0.25, 0.3) is 0 Å². The molecule has 0 atom stereocenters. The third kappa shape index (κ3) is 3.53. The van der Waals surface area contributed by atoms with Crippen LogP contribution in [0, 0.1) is 0 Å². The minimum atomic E-state index is -2.85. The molecule has 1 fully saturated rings. The summed E-state index contributed by atoms with van der Waals surface area (Å²) in [6, 6.07) is 3.62. The van der Waals surface area contributed by atoms with Gasteiger partial charge in [-0.3, -0.25) is 0 Å². The number of halogens is 3. The summed E-state index contributed by atoms with van der Waals surface area (Å²) in [5.74, 6) is 0.437. The average Bonchev–Trinajstić information content (AvgIpc) is 2.25. The minimum absolute atomic E-state index is 0.102. The van der Waals surface area contributed by atoms with Gasteiger partial charge >= 0.3 is 0 Å². The highest BCUT2D eigenvalue weighted by molar-refractivity contribution is 9.10. The first-order valence-electron chi connectivity index (χ1n) is 5.49. The van der Waals surface area contributed by atoms with Crippen LogP contribution < -0.4 is 5.32 Å². The molecule has 0 radical (unpaired) electrons. The summed E-state index contributed by atoms with van der Waals surface area (Å²) in [5.41, 5.74) is 0.672. The Hall–Kier alpha value is 0.0300. The lowest BCUT2D eigenvalue weighted by Crippen LogP contribution is -2.32.